The quantitative estimate of drug-likeness (QED) is 0.799. The van der Waals surface area contributed by atoms with E-state index in [2.05, 4.69) is 16.9 Å². The van der Waals surface area contributed by atoms with Crippen LogP contribution >= 0.6 is 12.2 Å². The van der Waals surface area contributed by atoms with Crippen molar-refractivity contribution in [2.24, 2.45) is 5.73 Å². The van der Waals surface area contributed by atoms with Crippen molar-refractivity contribution in [1.82, 2.24) is 0 Å². The van der Waals surface area contributed by atoms with Crippen molar-refractivity contribution in [3.05, 3.63) is 29.6 Å². The lowest BCUT2D eigenvalue weighted by atomic mass is 10.2. The Bertz CT molecular complexity index is 514. The van der Waals surface area contributed by atoms with Crippen LogP contribution in [-0.2, 0) is 10.0 Å². The number of rotatable bonds is 4. The van der Waals surface area contributed by atoms with Crippen LogP contribution in [0.1, 0.15) is 5.56 Å². The van der Waals surface area contributed by atoms with Crippen LogP contribution in [0.4, 0.5) is 10.1 Å². The van der Waals surface area contributed by atoms with Crippen LogP contribution in [0.2, 0.25) is 0 Å². The number of halogens is 1. The zero-order valence-corrected chi connectivity index (χ0v) is 10.2. The van der Waals surface area contributed by atoms with Crippen molar-refractivity contribution in [2.45, 2.75) is 6.92 Å². The van der Waals surface area contributed by atoms with Crippen molar-refractivity contribution in [1.29, 1.82) is 0 Å². The fraction of sp³-hybridized carbons (Fsp3) is 0.222. The number of aryl methyl sites for hydroxylation is 1. The van der Waals surface area contributed by atoms with Gasteiger partial charge in [-0.15, -0.1) is 0 Å². The van der Waals surface area contributed by atoms with Gasteiger partial charge in [0.05, 0.1) is 10.7 Å². The van der Waals surface area contributed by atoms with Crippen LogP contribution in [0, 0.1) is 12.7 Å². The van der Waals surface area contributed by atoms with Crippen molar-refractivity contribution in [3.8, 4) is 0 Å². The summed E-state index contributed by atoms with van der Waals surface area (Å²) in [5.74, 6) is -1.15. The summed E-state index contributed by atoms with van der Waals surface area (Å²) >= 11 is 4.48. The first-order valence-corrected chi connectivity index (χ1v) is 6.41. The molecule has 0 unspecified atom stereocenters. The molecule has 4 nitrogen and oxygen atoms in total. The predicted molar refractivity (Wildman–Crippen MR) is 65.3 cm³/mol. The first kappa shape index (κ1) is 12.9. The molecule has 1 aromatic carbocycles. The molecule has 0 aliphatic rings. The lowest BCUT2D eigenvalue weighted by Crippen LogP contribution is -2.26. The van der Waals surface area contributed by atoms with Gasteiger partial charge in [0, 0.05) is 0 Å². The van der Waals surface area contributed by atoms with Gasteiger partial charge in [-0.2, -0.15) is 0 Å². The molecule has 16 heavy (non-hydrogen) atoms. The average Bonchev–Trinajstić information content (AvgIpc) is 2.08. The second-order valence-corrected chi connectivity index (χ2v) is 5.56. The SMILES string of the molecule is Cc1ccc(F)c(NS(=O)(=O)CC(N)=S)c1. The second kappa shape index (κ2) is 4.75. The van der Waals surface area contributed by atoms with Crippen LogP contribution in [0.25, 0.3) is 0 Å². The molecule has 0 heterocycles. The molecule has 0 saturated heterocycles. The molecule has 1 aromatic rings. The van der Waals surface area contributed by atoms with Crippen LogP contribution in [0.3, 0.4) is 0 Å². The Labute approximate surface area is 98.7 Å². The molecule has 3 N–H and O–H groups in total. The molecule has 0 saturated carbocycles. The Morgan fingerprint density at radius 2 is 2.19 bits per heavy atom. The van der Waals surface area contributed by atoms with Gasteiger partial charge < -0.3 is 5.73 Å². The molecule has 0 radical (unpaired) electrons. The van der Waals surface area contributed by atoms with E-state index >= 15 is 0 Å². The average molecular weight is 262 g/mol. The summed E-state index contributed by atoms with van der Waals surface area (Å²) in [6, 6.07) is 4.13. The van der Waals surface area contributed by atoms with Crippen LogP contribution in [0.5, 0.6) is 0 Å². The van der Waals surface area contributed by atoms with Gasteiger partial charge >= 0.3 is 0 Å². The van der Waals surface area contributed by atoms with E-state index in [1.54, 1.807) is 13.0 Å². The van der Waals surface area contributed by atoms with Crippen LogP contribution in [0.15, 0.2) is 18.2 Å². The number of nitrogens with one attached hydrogen (secondary N) is 1. The minimum Gasteiger partial charge on any atom is -0.392 e. The third-order valence-electron chi connectivity index (χ3n) is 1.72. The van der Waals surface area contributed by atoms with Crippen molar-refractivity contribution in [3.63, 3.8) is 0 Å². The Morgan fingerprint density at radius 3 is 2.75 bits per heavy atom. The third-order valence-corrected chi connectivity index (χ3v) is 3.27. The van der Waals surface area contributed by atoms with Crippen molar-refractivity contribution in [2.75, 3.05) is 10.5 Å². The molecule has 0 spiro atoms. The smallest absolute Gasteiger partial charge is 0.239 e. The summed E-state index contributed by atoms with van der Waals surface area (Å²) in [5.41, 5.74) is 5.76. The van der Waals surface area contributed by atoms with Gasteiger partial charge in [0.15, 0.2) is 0 Å². The Hall–Kier alpha value is -1.21. The molecule has 0 aliphatic heterocycles. The Balaban J connectivity index is 2.96. The van der Waals surface area contributed by atoms with Gasteiger partial charge in [-0.1, -0.05) is 18.3 Å². The van der Waals surface area contributed by atoms with Gasteiger partial charge in [0.1, 0.15) is 11.6 Å². The Kier molecular flexibility index (Phi) is 3.82. The summed E-state index contributed by atoms with van der Waals surface area (Å²) in [6.45, 7) is 1.73. The zero-order valence-electron chi connectivity index (χ0n) is 8.53. The van der Waals surface area contributed by atoms with Crippen molar-refractivity contribution >= 4 is 32.9 Å². The number of sulfonamides is 1. The largest absolute Gasteiger partial charge is 0.392 e. The topological polar surface area (TPSA) is 72.2 Å². The minimum atomic E-state index is -3.73. The zero-order chi connectivity index (χ0) is 12.3. The van der Waals surface area contributed by atoms with E-state index < -0.39 is 21.6 Å². The molecule has 0 atom stereocenters. The lowest BCUT2D eigenvalue weighted by molar-refractivity contribution is 0.602. The third kappa shape index (κ3) is 3.74. The van der Waals surface area contributed by atoms with Crippen LogP contribution in [-0.4, -0.2) is 19.2 Å². The number of thiocarbonyl (C=S) groups is 1. The summed E-state index contributed by atoms with van der Waals surface area (Å²) in [5, 5.41) is 0. The number of nitrogens with two attached hydrogens (primary N) is 1. The number of hydrogen-bond donors (Lipinski definition) is 2. The highest BCUT2D eigenvalue weighted by atomic mass is 32.2. The first-order valence-electron chi connectivity index (χ1n) is 4.35. The maximum atomic E-state index is 13.2. The molecule has 88 valence electrons. The molecule has 1 rings (SSSR count). The normalized spacial score (nSPS) is 11.1. The van der Waals surface area contributed by atoms with E-state index in [1.165, 1.54) is 12.1 Å². The summed E-state index contributed by atoms with van der Waals surface area (Å²) in [6.07, 6.45) is 0. The summed E-state index contributed by atoms with van der Waals surface area (Å²) in [7, 11) is -3.73. The fourth-order valence-electron chi connectivity index (χ4n) is 1.11. The van der Waals surface area contributed by atoms with Gasteiger partial charge in [-0.05, 0) is 24.6 Å². The van der Waals surface area contributed by atoms with Gasteiger partial charge in [0.2, 0.25) is 10.0 Å². The molecule has 0 fully saturated rings. The highest BCUT2D eigenvalue weighted by Gasteiger charge is 2.14. The highest BCUT2D eigenvalue weighted by Crippen LogP contribution is 2.16. The molecule has 0 aliphatic carbocycles. The maximum Gasteiger partial charge on any atom is 0.239 e. The molecular formula is C9H11FN2O2S2. The number of benzene rings is 1. The predicted octanol–water partition coefficient (Wildman–Crippen LogP) is 1.16. The van der Waals surface area contributed by atoms with E-state index in [9.17, 15) is 12.8 Å². The van der Waals surface area contributed by atoms with E-state index in [0.717, 1.165) is 5.56 Å². The molecule has 7 heteroatoms. The molecular weight excluding hydrogens is 251 g/mol. The van der Waals surface area contributed by atoms with Crippen LogP contribution < -0.4 is 10.5 Å². The number of anilines is 1. The van der Waals surface area contributed by atoms with E-state index in [1.807, 2.05) is 0 Å². The monoisotopic (exact) mass is 262 g/mol. The molecule has 0 amide bonds. The van der Waals surface area contributed by atoms with Gasteiger partial charge in [-0.25, -0.2) is 12.8 Å². The van der Waals surface area contributed by atoms with Gasteiger partial charge in [0.25, 0.3) is 0 Å². The lowest BCUT2D eigenvalue weighted by Gasteiger charge is -2.08. The first-order chi connectivity index (χ1) is 7.30. The second-order valence-electron chi connectivity index (χ2n) is 3.31. The fourth-order valence-corrected chi connectivity index (χ4v) is 2.51. The standard InChI is InChI=1S/C9H11FN2O2S2/c1-6-2-3-7(10)8(4-6)12-16(13,14)5-9(11)15/h2-4,12H,5H2,1H3,(H2,11,15). The highest BCUT2D eigenvalue weighted by molar-refractivity contribution is 7.95. The maximum absolute atomic E-state index is 13.2. The molecule has 0 aromatic heterocycles. The minimum absolute atomic E-state index is 0.101. The van der Waals surface area contributed by atoms with Crippen molar-refractivity contribution < 1.29 is 12.8 Å². The number of hydrogen-bond acceptors (Lipinski definition) is 3. The van der Waals surface area contributed by atoms with E-state index in [-0.39, 0.29) is 10.7 Å². The summed E-state index contributed by atoms with van der Waals surface area (Å²) < 4.78 is 38.2. The van der Waals surface area contributed by atoms with Gasteiger partial charge in [-0.3, -0.25) is 4.72 Å². The summed E-state index contributed by atoms with van der Waals surface area (Å²) in [4.78, 5) is -0.166. The Morgan fingerprint density at radius 1 is 1.56 bits per heavy atom. The van der Waals surface area contributed by atoms with E-state index in [0.29, 0.717) is 0 Å². The molecule has 0 bridgehead atoms. The van der Waals surface area contributed by atoms with E-state index in [4.69, 9.17) is 5.73 Å².